The number of piperidine rings is 1. The van der Waals surface area contributed by atoms with Gasteiger partial charge in [0.05, 0.1) is 246 Å². The number of ketones is 1. The number of carbonyl (C=O) groups excluding carboxylic acids is 5. The number of allylic oxidation sites excluding steroid dienone is 1. The minimum Gasteiger partial charge on any atom is -0.494 e. The summed E-state index contributed by atoms with van der Waals surface area (Å²) in [6.45, 7) is 13.0. The molecular weight excluding hydrogens is 1340 g/mol. The molecule has 0 atom stereocenters. The number of ether oxygens (including phenoxy) is 16. The van der Waals surface area contributed by atoms with Gasteiger partial charge in [-0.1, -0.05) is 35.5 Å². The van der Waals surface area contributed by atoms with Crippen LogP contribution in [0.5, 0.6) is 5.75 Å². The van der Waals surface area contributed by atoms with E-state index in [-0.39, 0.29) is 101 Å². The summed E-state index contributed by atoms with van der Waals surface area (Å²) in [6.07, 6.45) is 7.37. The lowest BCUT2D eigenvalue weighted by molar-refractivity contribution is -0.127. The van der Waals surface area contributed by atoms with Crippen molar-refractivity contribution in [2.45, 2.75) is 32.4 Å². The minimum atomic E-state index is -0.751. The highest BCUT2D eigenvalue weighted by Gasteiger charge is 2.31. The molecule has 0 bridgehead atoms. The van der Waals surface area contributed by atoms with E-state index in [0.717, 1.165) is 11.1 Å². The maximum atomic E-state index is 13.8. The van der Waals surface area contributed by atoms with E-state index in [9.17, 15) is 29.2 Å². The first-order valence-electron chi connectivity index (χ1n) is 33.8. The Kier molecular flexibility index (Phi) is 43.1. The molecular formula is C66H98N14O22. The number of nitrogens with one attached hydrogen (secondary N) is 5. The molecule has 0 aliphatic carbocycles. The number of nitriles is 1. The molecule has 1 saturated heterocycles. The Morgan fingerprint density at radius 3 is 1.73 bits per heavy atom. The molecule has 0 unspecified atom stereocenters. The highest BCUT2D eigenvalue weighted by Crippen LogP contribution is 2.33. The molecule has 36 heteroatoms. The molecule has 6 rings (SSSR count). The smallest absolute Gasteiger partial charge is 0.314 e. The molecule has 5 heterocycles. The van der Waals surface area contributed by atoms with Crippen molar-refractivity contribution in [3.8, 4) is 17.6 Å². The van der Waals surface area contributed by atoms with Crippen molar-refractivity contribution in [2.75, 3.05) is 239 Å². The van der Waals surface area contributed by atoms with Crippen LogP contribution in [-0.2, 0) is 103 Å². The van der Waals surface area contributed by atoms with Gasteiger partial charge in [-0.25, -0.2) is 15.4 Å². The van der Waals surface area contributed by atoms with Crippen molar-refractivity contribution in [2.24, 2.45) is 0 Å². The predicted molar refractivity (Wildman–Crippen MR) is 361 cm³/mol. The highest BCUT2D eigenvalue weighted by molar-refractivity contribution is 6.45. The van der Waals surface area contributed by atoms with Crippen LogP contribution in [0.3, 0.4) is 0 Å². The number of pyridine rings is 1. The van der Waals surface area contributed by atoms with Crippen LogP contribution in [0.1, 0.15) is 51.5 Å². The van der Waals surface area contributed by atoms with E-state index < -0.39 is 17.6 Å². The lowest BCUT2D eigenvalue weighted by Crippen LogP contribution is -2.41. The number of methoxy groups -OCH3 is 2. The Hall–Kier alpha value is -7.91. The van der Waals surface area contributed by atoms with E-state index >= 15 is 0 Å². The summed E-state index contributed by atoms with van der Waals surface area (Å²) >= 11 is 0. The number of aromatic amines is 1. The van der Waals surface area contributed by atoms with Crippen LogP contribution >= 0.6 is 0 Å². The molecule has 5 aromatic rings. The third-order valence-corrected chi connectivity index (χ3v) is 14.4. The summed E-state index contributed by atoms with van der Waals surface area (Å²) in [4.78, 5) is 82.9. The average molecular weight is 1440 g/mol. The molecule has 1 aliphatic heterocycles. The summed E-state index contributed by atoms with van der Waals surface area (Å²) in [6, 6.07) is 11.7. The maximum Gasteiger partial charge on any atom is 0.314 e. The van der Waals surface area contributed by atoms with Crippen LogP contribution < -0.4 is 26.2 Å². The fourth-order valence-electron chi connectivity index (χ4n) is 9.35. The number of nitrogens with zero attached hydrogens (tertiary/aromatic N) is 9. The summed E-state index contributed by atoms with van der Waals surface area (Å²) in [5.41, 5.74) is 5.59. The van der Waals surface area contributed by atoms with Crippen LogP contribution in [0.2, 0.25) is 0 Å². The molecule has 5 N–H and O–H groups in total. The number of H-pyrrole nitrogens is 1. The normalized spacial score (nSPS) is 12.3. The van der Waals surface area contributed by atoms with E-state index in [4.69, 9.17) is 80.6 Å². The second-order valence-electron chi connectivity index (χ2n) is 21.8. The fourth-order valence-corrected chi connectivity index (χ4v) is 9.35. The van der Waals surface area contributed by atoms with Gasteiger partial charge >= 0.3 is 5.91 Å². The summed E-state index contributed by atoms with van der Waals surface area (Å²) in [5, 5.41) is 30.9. The molecule has 0 saturated carbocycles. The number of hydrogen-bond acceptors (Lipinski definition) is 29. The largest absolute Gasteiger partial charge is 0.494 e. The van der Waals surface area contributed by atoms with Gasteiger partial charge in [0.25, 0.3) is 11.7 Å². The van der Waals surface area contributed by atoms with E-state index in [1.165, 1.54) is 35.4 Å². The van der Waals surface area contributed by atoms with Crippen molar-refractivity contribution in [1.29, 1.82) is 5.26 Å². The number of hydrogen-bond donors (Lipinski definition) is 5. The fraction of sp³-hybridized carbons (Fsp3) is 0.621. The van der Waals surface area contributed by atoms with Crippen LogP contribution in [0.25, 0.3) is 22.3 Å². The number of amides is 4. The summed E-state index contributed by atoms with van der Waals surface area (Å²) < 4.78 is 90.0. The Morgan fingerprint density at radius 1 is 0.608 bits per heavy atom. The average Bonchev–Trinajstić information content (AvgIpc) is 1.59. The zero-order chi connectivity index (χ0) is 72.1. The minimum absolute atomic E-state index is 0.0131. The third kappa shape index (κ3) is 33.5. The van der Waals surface area contributed by atoms with Crippen molar-refractivity contribution in [3.05, 3.63) is 83.5 Å². The molecule has 0 spiro atoms. The molecule has 36 nitrogen and oxygen atoms in total. The van der Waals surface area contributed by atoms with Crippen LogP contribution in [-0.4, -0.2) is 313 Å². The first kappa shape index (κ1) is 83.0. The van der Waals surface area contributed by atoms with Gasteiger partial charge in [-0.15, -0.1) is 10.2 Å². The molecule has 102 heavy (non-hydrogen) atoms. The van der Waals surface area contributed by atoms with Gasteiger partial charge in [-0.05, 0) is 30.4 Å². The Balaban J connectivity index is 0.652. The van der Waals surface area contributed by atoms with Crippen LogP contribution in [0.15, 0.2) is 60.8 Å². The number of aromatic nitrogens is 8. The lowest BCUT2D eigenvalue weighted by Gasteiger charge is -2.28. The van der Waals surface area contributed by atoms with Gasteiger partial charge in [0.1, 0.15) is 24.6 Å². The van der Waals surface area contributed by atoms with Crippen molar-refractivity contribution in [1.82, 2.24) is 66.1 Å². The van der Waals surface area contributed by atoms with Gasteiger partial charge in [-0.3, -0.25) is 38.8 Å². The highest BCUT2D eigenvalue weighted by atomic mass is 16.7. The molecule has 564 valence electrons. The Morgan fingerprint density at radius 2 is 1.14 bits per heavy atom. The van der Waals surface area contributed by atoms with Crippen molar-refractivity contribution >= 4 is 45.9 Å². The third-order valence-electron chi connectivity index (χ3n) is 14.4. The number of Topliss-reactive ketones (excluding diaryl/α,β-unsaturated/α-hetero) is 1. The number of rotatable bonds is 61. The number of likely N-dealkylation sites (tertiary alicyclic amines) is 1. The quantitative estimate of drug-likeness (QED) is 0.00880. The number of carbonyl (C=O) groups is 5. The van der Waals surface area contributed by atoms with Crippen LogP contribution in [0, 0.1) is 11.3 Å². The molecule has 1 aliphatic rings. The topological polar surface area (TPSA) is 408 Å². The van der Waals surface area contributed by atoms with Gasteiger partial charge in [-0.2, -0.15) is 9.94 Å². The van der Waals surface area contributed by atoms with E-state index in [2.05, 4.69) is 57.9 Å². The standard InChI is InChI=1S/C66H98N14O22/c1-86-19-20-90-23-24-91-25-26-92-27-28-93-29-30-94-31-32-95-33-34-97-38-40-101-51-100-17-6-16-88-21-22-89-18-12-70-59(82)47-68-46-58(81)69-11-15-79-48-54(74-77-79)49-99-39-37-96-35-36-98-41-42-102-76-65(84)63-73-50-80(75-63)64-61-60(57(87-2)45-72-64)56(44-71-61)62(83)66(85)78-13-9-53(10-14-78)55(43-67)52-7-4-3-5-8-52/h3-5,7-8,44-45,48,50,68,71H,6,9-42,46-47,49,51H2,1-2H3,(H,69,81)(H,70,82)(H,76,84). The lowest BCUT2D eigenvalue weighted by atomic mass is 9.93. The molecule has 4 amide bonds. The second kappa shape index (κ2) is 53.0. The van der Waals surface area contributed by atoms with Crippen molar-refractivity contribution < 1.29 is 105 Å². The maximum absolute atomic E-state index is 13.8. The zero-order valence-corrected chi connectivity index (χ0v) is 58.3. The first-order valence-corrected chi connectivity index (χ1v) is 33.8. The van der Waals surface area contributed by atoms with Crippen LogP contribution in [0.4, 0.5) is 0 Å². The first-order chi connectivity index (χ1) is 50.2. The zero-order valence-electron chi connectivity index (χ0n) is 58.3. The van der Waals surface area contributed by atoms with E-state index in [1.807, 2.05) is 30.3 Å². The summed E-state index contributed by atoms with van der Waals surface area (Å²) in [5.74, 6) is -2.55. The second-order valence-corrected chi connectivity index (χ2v) is 21.8. The summed E-state index contributed by atoms with van der Waals surface area (Å²) in [7, 11) is 3.05. The van der Waals surface area contributed by atoms with Gasteiger partial charge in [0, 0.05) is 46.1 Å². The molecule has 1 aromatic carbocycles. The van der Waals surface area contributed by atoms with E-state index in [0.29, 0.717) is 213 Å². The monoisotopic (exact) mass is 1440 g/mol. The van der Waals surface area contributed by atoms with Crippen molar-refractivity contribution in [3.63, 3.8) is 0 Å². The number of hydroxylamine groups is 1. The molecule has 4 aromatic heterocycles. The number of benzene rings is 1. The Bertz CT molecular complexity index is 3210. The molecule has 1 fully saturated rings. The van der Waals surface area contributed by atoms with E-state index in [1.54, 1.807) is 18.0 Å². The molecule has 0 radical (unpaired) electrons. The van der Waals surface area contributed by atoms with Gasteiger partial charge in [0.15, 0.2) is 5.82 Å². The van der Waals surface area contributed by atoms with Gasteiger partial charge in [0.2, 0.25) is 17.6 Å². The van der Waals surface area contributed by atoms with Gasteiger partial charge < -0.3 is 96.3 Å². The predicted octanol–water partition coefficient (Wildman–Crippen LogP) is 0.436. The number of fused-ring (bicyclic) bond motifs is 1. The SMILES string of the molecule is COCCOCCOCCOCCOCCOCCOCCOCCOCOCCCOCCOCCNC(=O)CNCC(=O)NCCn1cc(COCCOCCOCCONC(=O)c2ncn(-c3ncc(OC)c4c(C(=O)C(=O)N5CCC(=C(C#N)c6ccccc6)CC5)c[nH]c34)n2)nn1. The Labute approximate surface area is 592 Å².